The SMILES string of the molecule is CCCc1cc(CNC)cc(-n2nc(C)cc2C)n1. The summed E-state index contributed by atoms with van der Waals surface area (Å²) >= 11 is 0. The zero-order valence-corrected chi connectivity index (χ0v) is 12.2. The van der Waals surface area contributed by atoms with Crippen LogP contribution in [0.25, 0.3) is 5.82 Å². The summed E-state index contributed by atoms with van der Waals surface area (Å²) in [5.41, 5.74) is 4.53. The van der Waals surface area contributed by atoms with Crippen molar-refractivity contribution in [2.75, 3.05) is 7.05 Å². The van der Waals surface area contributed by atoms with Crippen LogP contribution in [0.5, 0.6) is 0 Å². The van der Waals surface area contributed by atoms with Gasteiger partial charge in [0.2, 0.25) is 0 Å². The number of hydrogen-bond acceptors (Lipinski definition) is 3. The van der Waals surface area contributed by atoms with E-state index in [2.05, 4.69) is 42.5 Å². The summed E-state index contributed by atoms with van der Waals surface area (Å²) in [6.07, 6.45) is 2.11. The minimum absolute atomic E-state index is 0.853. The van der Waals surface area contributed by atoms with Crippen molar-refractivity contribution in [1.29, 1.82) is 0 Å². The van der Waals surface area contributed by atoms with Crippen molar-refractivity contribution >= 4 is 0 Å². The van der Waals surface area contributed by atoms with Crippen molar-refractivity contribution in [3.63, 3.8) is 0 Å². The van der Waals surface area contributed by atoms with Gasteiger partial charge in [0.05, 0.1) is 5.69 Å². The van der Waals surface area contributed by atoms with Crippen LogP contribution in [0, 0.1) is 13.8 Å². The van der Waals surface area contributed by atoms with Crippen LogP contribution in [0.4, 0.5) is 0 Å². The minimum atomic E-state index is 0.853. The molecular weight excluding hydrogens is 236 g/mol. The quantitative estimate of drug-likeness (QED) is 0.896. The van der Waals surface area contributed by atoms with Crippen LogP contribution in [0.1, 0.15) is 36.0 Å². The molecule has 4 nitrogen and oxygen atoms in total. The van der Waals surface area contributed by atoms with E-state index in [1.807, 2.05) is 18.7 Å². The predicted molar refractivity (Wildman–Crippen MR) is 77.6 cm³/mol. The van der Waals surface area contributed by atoms with Crippen molar-refractivity contribution < 1.29 is 0 Å². The number of aromatic nitrogens is 3. The number of nitrogens with zero attached hydrogens (tertiary/aromatic N) is 3. The molecule has 0 aliphatic carbocycles. The van der Waals surface area contributed by atoms with Gasteiger partial charge in [-0.15, -0.1) is 0 Å². The summed E-state index contributed by atoms with van der Waals surface area (Å²) in [5, 5.41) is 7.71. The smallest absolute Gasteiger partial charge is 0.154 e. The van der Waals surface area contributed by atoms with Crippen LogP contribution in [0.2, 0.25) is 0 Å². The molecule has 0 amide bonds. The third-order valence-corrected chi connectivity index (χ3v) is 3.04. The number of hydrogen-bond donors (Lipinski definition) is 1. The highest BCUT2D eigenvalue weighted by Crippen LogP contribution is 2.14. The number of rotatable bonds is 5. The van der Waals surface area contributed by atoms with Gasteiger partial charge in [-0.3, -0.25) is 0 Å². The predicted octanol–water partition coefficient (Wildman–Crippen LogP) is 2.56. The first-order chi connectivity index (χ1) is 9.13. The fourth-order valence-electron chi connectivity index (χ4n) is 2.29. The molecule has 4 heteroatoms. The van der Waals surface area contributed by atoms with Gasteiger partial charge in [0, 0.05) is 17.9 Å². The van der Waals surface area contributed by atoms with E-state index in [1.165, 1.54) is 5.56 Å². The van der Waals surface area contributed by atoms with Gasteiger partial charge in [0.25, 0.3) is 0 Å². The summed E-state index contributed by atoms with van der Waals surface area (Å²) in [7, 11) is 1.96. The second-order valence-corrected chi connectivity index (χ2v) is 4.94. The topological polar surface area (TPSA) is 42.7 Å². The molecule has 102 valence electrons. The van der Waals surface area contributed by atoms with Crippen molar-refractivity contribution in [2.24, 2.45) is 0 Å². The van der Waals surface area contributed by atoms with E-state index in [1.54, 1.807) is 0 Å². The van der Waals surface area contributed by atoms with Crippen LogP contribution >= 0.6 is 0 Å². The van der Waals surface area contributed by atoms with E-state index >= 15 is 0 Å². The Morgan fingerprint density at radius 3 is 2.58 bits per heavy atom. The normalized spacial score (nSPS) is 10.9. The zero-order valence-electron chi connectivity index (χ0n) is 12.2. The average Bonchev–Trinajstić information content (AvgIpc) is 2.69. The molecule has 0 fully saturated rings. The maximum atomic E-state index is 4.72. The molecule has 0 saturated heterocycles. The highest BCUT2D eigenvalue weighted by atomic mass is 15.3. The highest BCUT2D eigenvalue weighted by molar-refractivity contribution is 5.32. The molecule has 2 rings (SSSR count). The Balaban J connectivity index is 2.46. The molecule has 0 saturated carbocycles. The van der Waals surface area contributed by atoms with Gasteiger partial charge < -0.3 is 5.32 Å². The molecule has 2 aromatic rings. The lowest BCUT2D eigenvalue weighted by Gasteiger charge is -2.09. The maximum absolute atomic E-state index is 4.72. The highest BCUT2D eigenvalue weighted by Gasteiger charge is 2.08. The molecule has 0 radical (unpaired) electrons. The number of aryl methyl sites for hydroxylation is 3. The summed E-state index contributed by atoms with van der Waals surface area (Å²) < 4.78 is 1.92. The minimum Gasteiger partial charge on any atom is -0.316 e. The molecule has 0 aliphatic heterocycles. The van der Waals surface area contributed by atoms with Gasteiger partial charge >= 0.3 is 0 Å². The largest absolute Gasteiger partial charge is 0.316 e. The first kappa shape index (κ1) is 13.7. The lowest BCUT2D eigenvalue weighted by molar-refractivity contribution is 0.766. The van der Waals surface area contributed by atoms with Gasteiger partial charge in [0.15, 0.2) is 5.82 Å². The Labute approximate surface area is 114 Å². The average molecular weight is 258 g/mol. The monoisotopic (exact) mass is 258 g/mol. The summed E-state index contributed by atoms with van der Waals surface area (Å²) in [5.74, 6) is 0.918. The standard InChI is InChI=1S/C15H22N4/c1-5-6-14-8-13(10-16-4)9-15(17-14)19-12(3)7-11(2)18-19/h7-9,16H,5-6,10H2,1-4H3. The van der Waals surface area contributed by atoms with Gasteiger partial charge in [-0.05, 0) is 51.1 Å². The third kappa shape index (κ3) is 3.20. The van der Waals surface area contributed by atoms with E-state index in [9.17, 15) is 0 Å². The van der Waals surface area contributed by atoms with E-state index < -0.39 is 0 Å². The molecule has 0 spiro atoms. The Bertz CT molecular complexity index is 533. The molecule has 0 atom stereocenters. The fourth-order valence-corrected chi connectivity index (χ4v) is 2.29. The Morgan fingerprint density at radius 1 is 1.21 bits per heavy atom. The van der Waals surface area contributed by atoms with E-state index in [-0.39, 0.29) is 0 Å². The second kappa shape index (κ2) is 5.97. The van der Waals surface area contributed by atoms with E-state index in [0.717, 1.165) is 42.3 Å². The first-order valence-corrected chi connectivity index (χ1v) is 6.82. The molecular formula is C15H22N4. The zero-order chi connectivity index (χ0) is 13.8. The third-order valence-electron chi connectivity index (χ3n) is 3.04. The van der Waals surface area contributed by atoms with Crippen molar-refractivity contribution in [1.82, 2.24) is 20.1 Å². The van der Waals surface area contributed by atoms with Gasteiger partial charge in [-0.25, -0.2) is 9.67 Å². The summed E-state index contributed by atoms with van der Waals surface area (Å²) in [4.78, 5) is 4.72. The number of nitrogens with one attached hydrogen (secondary N) is 1. The first-order valence-electron chi connectivity index (χ1n) is 6.82. The second-order valence-electron chi connectivity index (χ2n) is 4.94. The molecule has 0 aliphatic rings. The Kier molecular flexibility index (Phi) is 4.32. The van der Waals surface area contributed by atoms with E-state index in [0.29, 0.717) is 0 Å². The van der Waals surface area contributed by atoms with Crippen LogP contribution in [-0.2, 0) is 13.0 Å². The van der Waals surface area contributed by atoms with Crippen molar-refractivity contribution in [3.8, 4) is 5.82 Å². The number of pyridine rings is 1. The van der Waals surface area contributed by atoms with E-state index in [4.69, 9.17) is 4.98 Å². The Hall–Kier alpha value is -1.68. The molecule has 0 unspecified atom stereocenters. The van der Waals surface area contributed by atoms with Crippen LogP contribution in [0.3, 0.4) is 0 Å². The summed E-state index contributed by atoms with van der Waals surface area (Å²) in [6, 6.07) is 6.36. The molecule has 2 heterocycles. The molecule has 0 bridgehead atoms. The lowest BCUT2D eigenvalue weighted by Crippen LogP contribution is -2.10. The fraction of sp³-hybridized carbons (Fsp3) is 0.467. The Morgan fingerprint density at radius 2 is 2.00 bits per heavy atom. The lowest BCUT2D eigenvalue weighted by atomic mass is 10.1. The molecule has 19 heavy (non-hydrogen) atoms. The molecule has 1 N–H and O–H groups in total. The van der Waals surface area contributed by atoms with Crippen LogP contribution < -0.4 is 5.32 Å². The van der Waals surface area contributed by atoms with Crippen LogP contribution in [0.15, 0.2) is 18.2 Å². The van der Waals surface area contributed by atoms with Crippen LogP contribution in [-0.4, -0.2) is 21.8 Å². The van der Waals surface area contributed by atoms with Crippen molar-refractivity contribution in [3.05, 3.63) is 40.8 Å². The van der Waals surface area contributed by atoms with Gasteiger partial charge in [-0.2, -0.15) is 5.10 Å². The van der Waals surface area contributed by atoms with Gasteiger partial charge in [-0.1, -0.05) is 13.3 Å². The molecule has 2 aromatic heterocycles. The van der Waals surface area contributed by atoms with Gasteiger partial charge in [0.1, 0.15) is 0 Å². The maximum Gasteiger partial charge on any atom is 0.154 e. The molecule has 0 aromatic carbocycles. The summed E-state index contributed by atoms with van der Waals surface area (Å²) in [6.45, 7) is 7.10. The van der Waals surface area contributed by atoms with Crippen molar-refractivity contribution in [2.45, 2.75) is 40.2 Å².